The third-order valence-corrected chi connectivity index (χ3v) is 1.83. The summed E-state index contributed by atoms with van der Waals surface area (Å²) in [5, 5.41) is 2.01. The predicted octanol–water partition coefficient (Wildman–Crippen LogP) is 1.78. The van der Waals surface area contributed by atoms with Crippen molar-refractivity contribution in [3.05, 3.63) is 29.6 Å². The fourth-order valence-electron chi connectivity index (χ4n) is 0.930. The van der Waals surface area contributed by atoms with E-state index < -0.39 is 34.6 Å². The van der Waals surface area contributed by atoms with Crippen molar-refractivity contribution >= 4 is 11.6 Å². The summed E-state index contributed by atoms with van der Waals surface area (Å²) in [6.07, 6.45) is 0. The van der Waals surface area contributed by atoms with E-state index in [1.807, 2.05) is 5.32 Å². The van der Waals surface area contributed by atoms with Crippen molar-refractivity contribution in [2.24, 2.45) is 5.73 Å². The molecular formula is C10H11F3N2O. The Morgan fingerprint density at radius 2 is 1.88 bits per heavy atom. The number of hydrogen-bond donors (Lipinski definition) is 2. The molecule has 3 N–H and O–H groups in total. The van der Waals surface area contributed by atoms with Crippen molar-refractivity contribution in [3.8, 4) is 0 Å². The van der Waals surface area contributed by atoms with Crippen LogP contribution in [0.5, 0.6) is 0 Å². The maximum Gasteiger partial charge on any atom is 0.243 e. The van der Waals surface area contributed by atoms with E-state index in [9.17, 15) is 18.0 Å². The van der Waals surface area contributed by atoms with Crippen LogP contribution in [0.4, 0.5) is 18.9 Å². The van der Waals surface area contributed by atoms with E-state index in [1.165, 1.54) is 13.8 Å². The van der Waals surface area contributed by atoms with Crippen LogP contribution in [-0.4, -0.2) is 11.4 Å². The Labute approximate surface area is 90.4 Å². The van der Waals surface area contributed by atoms with Gasteiger partial charge in [0.15, 0.2) is 11.6 Å². The minimum absolute atomic E-state index is 0.387. The Morgan fingerprint density at radius 3 is 2.38 bits per heavy atom. The molecule has 6 heteroatoms. The lowest BCUT2D eigenvalue weighted by Gasteiger charge is -2.18. The molecule has 1 aromatic carbocycles. The van der Waals surface area contributed by atoms with Gasteiger partial charge in [-0.3, -0.25) is 4.79 Å². The molecule has 16 heavy (non-hydrogen) atoms. The van der Waals surface area contributed by atoms with Gasteiger partial charge in [0.05, 0.1) is 11.2 Å². The fraction of sp³-hybridized carbons (Fsp3) is 0.300. The summed E-state index contributed by atoms with van der Waals surface area (Å²) in [7, 11) is 0. The molecule has 0 atom stereocenters. The highest BCUT2D eigenvalue weighted by atomic mass is 19.2. The summed E-state index contributed by atoms with van der Waals surface area (Å²) in [6.45, 7) is 2.77. The van der Waals surface area contributed by atoms with Gasteiger partial charge in [-0.15, -0.1) is 0 Å². The van der Waals surface area contributed by atoms with Crippen molar-refractivity contribution in [2.75, 3.05) is 5.32 Å². The highest BCUT2D eigenvalue weighted by Gasteiger charge is 2.23. The molecular weight excluding hydrogens is 221 g/mol. The zero-order chi connectivity index (χ0) is 12.5. The molecule has 1 rings (SSSR count). The van der Waals surface area contributed by atoms with Gasteiger partial charge < -0.3 is 11.1 Å². The van der Waals surface area contributed by atoms with Gasteiger partial charge in [0, 0.05) is 12.1 Å². The smallest absolute Gasteiger partial charge is 0.243 e. The van der Waals surface area contributed by atoms with Crippen LogP contribution in [0.25, 0.3) is 0 Å². The SMILES string of the molecule is CC(C)(N)C(=O)Nc1cc(F)cc(F)c1F. The third-order valence-electron chi connectivity index (χ3n) is 1.83. The lowest BCUT2D eigenvalue weighted by molar-refractivity contribution is -0.120. The number of rotatable bonds is 2. The summed E-state index contributed by atoms with van der Waals surface area (Å²) in [5.74, 6) is -4.41. The van der Waals surface area contributed by atoms with Crippen LogP contribution in [0, 0.1) is 17.5 Å². The molecule has 0 aliphatic rings. The average molecular weight is 232 g/mol. The van der Waals surface area contributed by atoms with E-state index in [0.29, 0.717) is 12.1 Å². The Morgan fingerprint density at radius 1 is 1.31 bits per heavy atom. The van der Waals surface area contributed by atoms with E-state index in [2.05, 4.69) is 0 Å². The van der Waals surface area contributed by atoms with Gasteiger partial charge in [0.1, 0.15) is 5.82 Å². The van der Waals surface area contributed by atoms with Gasteiger partial charge in [-0.1, -0.05) is 0 Å². The van der Waals surface area contributed by atoms with Crippen LogP contribution >= 0.6 is 0 Å². The lowest BCUT2D eigenvalue weighted by atomic mass is 10.1. The molecule has 3 nitrogen and oxygen atoms in total. The molecule has 0 aliphatic carbocycles. The highest BCUT2D eigenvalue weighted by Crippen LogP contribution is 2.19. The minimum atomic E-state index is -1.37. The first kappa shape index (κ1) is 12.5. The average Bonchev–Trinajstić information content (AvgIpc) is 2.11. The van der Waals surface area contributed by atoms with E-state index in [1.54, 1.807) is 0 Å². The largest absolute Gasteiger partial charge is 0.322 e. The fourth-order valence-corrected chi connectivity index (χ4v) is 0.930. The van der Waals surface area contributed by atoms with Crippen LogP contribution in [0.1, 0.15) is 13.8 Å². The number of carbonyl (C=O) groups excluding carboxylic acids is 1. The van der Waals surface area contributed by atoms with Crippen LogP contribution in [-0.2, 0) is 4.79 Å². The third kappa shape index (κ3) is 2.73. The molecule has 1 amide bonds. The summed E-state index contributed by atoms with van der Waals surface area (Å²) in [6, 6.07) is 1.07. The Bertz CT molecular complexity index is 427. The van der Waals surface area contributed by atoms with Crippen molar-refractivity contribution in [1.82, 2.24) is 0 Å². The van der Waals surface area contributed by atoms with Crippen molar-refractivity contribution < 1.29 is 18.0 Å². The van der Waals surface area contributed by atoms with Crippen molar-refractivity contribution in [3.63, 3.8) is 0 Å². The first-order valence-electron chi connectivity index (χ1n) is 4.46. The standard InChI is InChI=1S/C10H11F3N2O/c1-10(2,14)9(16)15-7-4-5(11)3-6(12)8(7)13/h3-4H,14H2,1-2H3,(H,15,16). The number of carbonyl (C=O) groups is 1. The summed E-state index contributed by atoms with van der Waals surface area (Å²) < 4.78 is 38.7. The van der Waals surface area contributed by atoms with Gasteiger partial charge in [-0.05, 0) is 13.8 Å². The topological polar surface area (TPSA) is 55.1 Å². The second-order valence-electron chi connectivity index (χ2n) is 3.92. The molecule has 0 unspecified atom stereocenters. The summed E-state index contributed by atoms with van der Waals surface area (Å²) in [5.41, 5.74) is 3.59. The maximum absolute atomic E-state index is 13.1. The number of anilines is 1. The number of benzene rings is 1. The molecule has 0 spiro atoms. The number of nitrogens with one attached hydrogen (secondary N) is 1. The van der Waals surface area contributed by atoms with E-state index in [-0.39, 0.29) is 0 Å². The molecule has 0 saturated heterocycles. The first-order chi connectivity index (χ1) is 7.21. The Kier molecular flexibility index (Phi) is 3.23. The quantitative estimate of drug-likeness (QED) is 0.763. The molecule has 1 aromatic rings. The number of halogens is 3. The second-order valence-corrected chi connectivity index (χ2v) is 3.92. The lowest BCUT2D eigenvalue weighted by Crippen LogP contribution is -2.45. The molecule has 0 bridgehead atoms. The molecule has 0 aromatic heterocycles. The van der Waals surface area contributed by atoms with Crippen LogP contribution in [0.3, 0.4) is 0 Å². The van der Waals surface area contributed by atoms with Gasteiger partial charge in [-0.2, -0.15) is 0 Å². The Hall–Kier alpha value is -1.56. The van der Waals surface area contributed by atoms with Crippen LogP contribution in [0.2, 0.25) is 0 Å². The van der Waals surface area contributed by atoms with Crippen LogP contribution in [0.15, 0.2) is 12.1 Å². The van der Waals surface area contributed by atoms with Gasteiger partial charge in [-0.25, -0.2) is 13.2 Å². The molecule has 0 radical (unpaired) electrons. The number of amides is 1. The highest BCUT2D eigenvalue weighted by molar-refractivity contribution is 5.97. The second kappa shape index (κ2) is 4.13. The van der Waals surface area contributed by atoms with Crippen LogP contribution < -0.4 is 11.1 Å². The maximum atomic E-state index is 13.1. The van der Waals surface area contributed by atoms with E-state index in [0.717, 1.165) is 0 Å². The predicted molar refractivity (Wildman–Crippen MR) is 53.2 cm³/mol. The Balaban J connectivity index is 3.03. The summed E-state index contributed by atoms with van der Waals surface area (Å²) >= 11 is 0. The van der Waals surface area contributed by atoms with E-state index in [4.69, 9.17) is 5.73 Å². The minimum Gasteiger partial charge on any atom is -0.322 e. The monoisotopic (exact) mass is 232 g/mol. The zero-order valence-electron chi connectivity index (χ0n) is 8.77. The zero-order valence-corrected chi connectivity index (χ0v) is 8.77. The molecule has 0 saturated carbocycles. The number of hydrogen-bond acceptors (Lipinski definition) is 2. The normalized spacial score (nSPS) is 11.4. The summed E-state index contributed by atoms with van der Waals surface area (Å²) in [4.78, 5) is 11.4. The molecule has 0 fully saturated rings. The number of nitrogens with two attached hydrogens (primary N) is 1. The van der Waals surface area contributed by atoms with Gasteiger partial charge >= 0.3 is 0 Å². The van der Waals surface area contributed by atoms with Crippen molar-refractivity contribution in [2.45, 2.75) is 19.4 Å². The molecule has 0 heterocycles. The van der Waals surface area contributed by atoms with Gasteiger partial charge in [0.2, 0.25) is 5.91 Å². The van der Waals surface area contributed by atoms with Gasteiger partial charge in [0.25, 0.3) is 0 Å². The van der Waals surface area contributed by atoms with Crippen molar-refractivity contribution in [1.29, 1.82) is 0 Å². The van der Waals surface area contributed by atoms with E-state index >= 15 is 0 Å². The molecule has 0 aliphatic heterocycles. The molecule has 88 valence electrons. The first-order valence-corrected chi connectivity index (χ1v) is 4.46.